The zero-order chi connectivity index (χ0) is 19.7. The van der Waals surface area contributed by atoms with E-state index in [9.17, 15) is 9.90 Å². The number of aromatic nitrogens is 2. The zero-order valence-electron chi connectivity index (χ0n) is 16.1. The Morgan fingerprint density at radius 3 is 2.54 bits per heavy atom. The van der Waals surface area contributed by atoms with Crippen LogP contribution >= 0.6 is 0 Å². The Morgan fingerprint density at radius 1 is 1.04 bits per heavy atom. The van der Waals surface area contributed by atoms with E-state index in [0.717, 1.165) is 35.4 Å². The molecule has 5 heteroatoms. The van der Waals surface area contributed by atoms with E-state index < -0.39 is 0 Å². The third-order valence-corrected chi connectivity index (χ3v) is 4.86. The predicted molar refractivity (Wildman–Crippen MR) is 110 cm³/mol. The normalized spacial score (nSPS) is 12.4. The second-order valence-corrected chi connectivity index (χ2v) is 7.57. The lowest BCUT2D eigenvalue weighted by Crippen LogP contribution is -2.18. The summed E-state index contributed by atoms with van der Waals surface area (Å²) in [6, 6.07) is 15.1. The number of benzene rings is 2. The van der Waals surface area contributed by atoms with Crippen LogP contribution in [0.2, 0.25) is 0 Å². The molecule has 1 amide bonds. The van der Waals surface area contributed by atoms with E-state index in [2.05, 4.69) is 17.4 Å². The van der Waals surface area contributed by atoms with Gasteiger partial charge in [-0.15, -0.1) is 0 Å². The minimum absolute atomic E-state index is 0.0690. The van der Waals surface area contributed by atoms with Crippen LogP contribution in [0, 0.1) is 5.92 Å². The van der Waals surface area contributed by atoms with Crippen molar-refractivity contribution in [3.05, 3.63) is 59.8 Å². The number of hydrogen-bond donors (Lipinski definition) is 2. The molecular weight excluding hydrogens is 350 g/mol. The number of rotatable bonds is 4. The van der Waals surface area contributed by atoms with Gasteiger partial charge in [0.2, 0.25) is 5.91 Å². The first-order valence-electron chi connectivity index (χ1n) is 9.59. The number of aromatic hydroxyl groups is 1. The molecule has 0 fully saturated rings. The molecule has 2 N–H and O–H groups in total. The maximum absolute atomic E-state index is 12.4. The van der Waals surface area contributed by atoms with E-state index >= 15 is 0 Å². The lowest BCUT2D eigenvalue weighted by Gasteiger charge is -2.21. The first-order chi connectivity index (χ1) is 13.5. The third-order valence-electron chi connectivity index (χ3n) is 4.86. The van der Waals surface area contributed by atoms with Gasteiger partial charge in [-0.05, 0) is 48.6 Å². The molecule has 0 aliphatic heterocycles. The van der Waals surface area contributed by atoms with Crippen molar-refractivity contribution in [2.45, 2.75) is 33.1 Å². The highest BCUT2D eigenvalue weighted by atomic mass is 16.3. The summed E-state index contributed by atoms with van der Waals surface area (Å²) in [7, 11) is 0. The second-order valence-electron chi connectivity index (χ2n) is 7.57. The van der Waals surface area contributed by atoms with E-state index in [4.69, 9.17) is 9.97 Å². The van der Waals surface area contributed by atoms with E-state index in [-0.39, 0.29) is 17.6 Å². The molecule has 1 aliphatic rings. The van der Waals surface area contributed by atoms with Crippen molar-refractivity contribution in [1.82, 2.24) is 9.97 Å². The largest absolute Gasteiger partial charge is 0.508 e. The molecule has 1 heterocycles. The lowest BCUT2D eigenvalue weighted by atomic mass is 9.91. The van der Waals surface area contributed by atoms with Gasteiger partial charge < -0.3 is 10.4 Å². The molecule has 142 valence electrons. The number of carbonyl (C=O) groups excluding carboxylic acids is 1. The Kier molecular flexibility index (Phi) is 4.82. The van der Waals surface area contributed by atoms with Gasteiger partial charge >= 0.3 is 0 Å². The first kappa shape index (κ1) is 18.2. The van der Waals surface area contributed by atoms with Crippen molar-refractivity contribution in [2.24, 2.45) is 5.92 Å². The third kappa shape index (κ3) is 3.60. The van der Waals surface area contributed by atoms with Crippen LogP contribution in [0.5, 0.6) is 5.75 Å². The van der Waals surface area contributed by atoms with Crippen molar-refractivity contribution in [2.75, 3.05) is 5.32 Å². The molecule has 2 aromatic carbocycles. The molecular formula is C23H23N3O2. The molecule has 0 spiro atoms. The number of aryl methyl sites for hydroxylation is 2. The molecule has 28 heavy (non-hydrogen) atoms. The minimum atomic E-state index is -0.0690. The molecule has 1 aliphatic carbocycles. The molecule has 0 atom stereocenters. The van der Waals surface area contributed by atoms with Gasteiger partial charge in [0.05, 0.1) is 11.4 Å². The van der Waals surface area contributed by atoms with Crippen LogP contribution in [0.1, 0.15) is 31.5 Å². The van der Waals surface area contributed by atoms with Crippen molar-refractivity contribution in [3.63, 3.8) is 0 Å². The summed E-state index contributed by atoms with van der Waals surface area (Å²) in [5.41, 5.74) is 5.55. The lowest BCUT2D eigenvalue weighted by molar-refractivity contribution is -0.116. The fraction of sp³-hybridized carbons (Fsp3) is 0.261. The number of phenolic OH excluding ortho intramolecular Hbond substituents is 1. The molecule has 0 saturated carbocycles. The number of amides is 1. The van der Waals surface area contributed by atoms with Crippen molar-refractivity contribution in [3.8, 4) is 28.3 Å². The second kappa shape index (κ2) is 7.43. The van der Waals surface area contributed by atoms with E-state index in [1.54, 1.807) is 24.3 Å². The number of hydrogen-bond acceptors (Lipinski definition) is 4. The summed E-state index contributed by atoms with van der Waals surface area (Å²) in [5.74, 6) is 0.856. The molecule has 0 bridgehead atoms. The highest BCUT2D eigenvalue weighted by molar-refractivity contribution is 5.94. The smallest absolute Gasteiger partial charge is 0.225 e. The highest BCUT2D eigenvalue weighted by Crippen LogP contribution is 2.35. The molecule has 5 nitrogen and oxygen atoms in total. The average Bonchev–Trinajstić information content (AvgIpc) is 2.67. The van der Waals surface area contributed by atoms with E-state index in [0.29, 0.717) is 17.9 Å². The van der Waals surface area contributed by atoms with Gasteiger partial charge in [-0.3, -0.25) is 4.79 Å². The number of carbonyl (C=O) groups is 1. The monoisotopic (exact) mass is 373 g/mol. The zero-order valence-corrected chi connectivity index (χ0v) is 16.1. The van der Waals surface area contributed by atoms with Crippen LogP contribution in [0.4, 0.5) is 5.82 Å². The summed E-state index contributed by atoms with van der Waals surface area (Å²) in [6.07, 6.45) is 2.13. The SMILES string of the molecule is CC(C)CC(=O)Nc1nc2c(nc1-c1ccc(O)cc1)-c1ccccc1CC2. The fourth-order valence-corrected chi connectivity index (χ4v) is 3.54. The van der Waals surface area contributed by atoms with E-state index in [1.807, 2.05) is 26.0 Å². The number of fused-ring (bicyclic) bond motifs is 3. The van der Waals surface area contributed by atoms with Gasteiger partial charge in [0.25, 0.3) is 0 Å². The molecule has 0 radical (unpaired) electrons. The molecule has 0 saturated heterocycles. The molecule has 1 aromatic heterocycles. The molecule has 0 unspecified atom stereocenters. The maximum atomic E-state index is 12.4. The van der Waals surface area contributed by atoms with Gasteiger partial charge in [-0.2, -0.15) is 0 Å². The van der Waals surface area contributed by atoms with Crippen LogP contribution in [-0.4, -0.2) is 21.0 Å². The van der Waals surface area contributed by atoms with Crippen LogP contribution in [0.3, 0.4) is 0 Å². The Hall–Kier alpha value is -3.21. The standard InChI is InChI=1S/C23H23N3O2/c1-14(2)13-20(28)25-23-21(16-7-10-17(27)11-8-16)26-22-18-6-4-3-5-15(18)9-12-19(22)24-23/h3-8,10-11,14,27H,9,12-13H2,1-2H3,(H,24,25,28). The summed E-state index contributed by atoms with van der Waals surface area (Å²) in [4.78, 5) is 22.1. The Labute approximate surface area is 164 Å². The molecule has 3 aromatic rings. The predicted octanol–water partition coefficient (Wildman–Crippen LogP) is 4.60. The topological polar surface area (TPSA) is 75.1 Å². The van der Waals surface area contributed by atoms with Gasteiger partial charge in [0, 0.05) is 17.5 Å². The van der Waals surface area contributed by atoms with Crippen LogP contribution in [0.25, 0.3) is 22.5 Å². The maximum Gasteiger partial charge on any atom is 0.225 e. The van der Waals surface area contributed by atoms with Gasteiger partial charge in [0.1, 0.15) is 11.4 Å². The number of nitrogens with one attached hydrogen (secondary N) is 1. The number of phenols is 1. The molecule has 4 rings (SSSR count). The van der Waals surface area contributed by atoms with Crippen molar-refractivity contribution >= 4 is 11.7 Å². The van der Waals surface area contributed by atoms with Crippen LogP contribution in [0.15, 0.2) is 48.5 Å². The average molecular weight is 373 g/mol. The highest BCUT2D eigenvalue weighted by Gasteiger charge is 2.23. The van der Waals surface area contributed by atoms with Crippen molar-refractivity contribution < 1.29 is 9.90 Å². The van der Waals surface area contributed by atoms with Crippen LogP contribution < -0.4 is 5.32 Å². The van der Waals surface area contributed by atoms with Crippen LogP contribution in [-0.2, 0) is 17.6 Å². The van der Waals surface area contributed by atoms with Gasteiger partial charge in [-0.1, -0.05) is 38.1 Å². The summed E-state index contributed by atoms with van der Waals surface area (Å²) in [5, 5.41) is 12.6. The minimum Gasteiger partial charge on any atom is -0.508 e. The fourth-order valence-electron chi connectivity index (χ4n) is 3.54. The van der Waals surface area contributed by atoms with Gasteiger partial charge in [-0.25, -0.2) is 9.97 Å². The number of nitrogens with zero attached hydrogens (tertiary/aromatic N) is 2. The van der Waals surface area contributed by atoms with Gasteiger partial charge in [0.15, 0.2) is 5.82 Å². The first-order valence-corrected chi connectivity index (χ1v) is 9.59. The summed E-state index contributed by atoms with van der Waals surface area (Å²) >= 11 is 0. The van der Waals surface area contributed by atoms with Crippen molar-refractivity contribution in [1.29, 1.82) is 0 Å². The Bertz CT molecular complexity index is 1030. The Morgan fingerprint density at radius 2 is 1.79 bits per heavy atom. The van der Waals surface area contributed by atoms with E-state index in [1.165, 1.54) is 5.56 Å². The number of anilines is 1. The quantitative estimate of drug-likeness (QED) is 0.701. The Balaban J connectivity index is 1.84. The summed E-state index contributed by atoms with van der Waals surface area (Å²) < 4.78 is 0. The summed E-state index contributed by atoms with van der Waals surface area (Å²) in [6.45, 7) is 4.02.